The van der Waals surface area contributed by atoms with Crippen LogP contribution in [0.15, 0.2) is 84.4 Å². The number of carbonyl (C=O) groups is 4. The molecule has 2 bridgehead atoms. The summed E-state index contributed by atoms with van der Waals surface area (Å²) < 4.78 is 10.9. The van der Waals surface area contributed by atoms with Crippen LogP contribution in [0.4, 0.5) is 5.69 Å². The number of imide groups is 1. The minimum Gasteiger partial charge on any atom is -0.497 e. The lowest BCUT2D eigenvalue weighted by Crippen LogP contribution is -2.32. The van der Waals surface area contributed by atoms with Crippen LogP contribution in [0.3, 0.4) is 0 Å². The van der Waals surface area contributed by atoms with E-state index in [-0.39, 0.29) is 46.8 Å². The second kappa shape index (κ2) is 10.8. The van der Waals surface area contributed by atoms with Crippen LogP contribution >= 0.6 is 0 Å². The molecular weight excluding hydrogens is 568 g/mol. The molecule has 1 aliphatic heterocycles. The van der Waals surface area contributed by atoms with Crippen molar-refractivity contribution in [1.29, 1.82) is 0 Å². The summed E-state index contributed by atoms with van der Waals surface area (Å²) in [7, 11) is 1.55. The van der Waals surface area contributed by atoms with Crippen LogP contribution in [0.2, 0.25) is 0 Å². The van der Waals surface area contributed by atoms with Gasteiger partial charge in [0.15, 0.2) is 6.10 Å². The van der Waals surface area contributed by atoms with Crippen molar-refractivity contribution in [2.24, 2.45) is 23.7 Å². The summed E-state index contributed by atoms with van der Waals surface area (Å²) in [5.74, 6) is -0.858. The maximum Gasteiger partial charge on any atom is 0.339 e. The molecule has 2 amide bonds. The Morgan fingerprint density at radius 1 is 0.911 bits per heavy atom. The molecule has 1 saturated carbocycles. The second-order valence-electron chi connectivity index (χ2n) is 12.2. The number of ether oxygens (including phenoxy) is 2. The lowest BCUT2D eigenvalue weighted by molar-refractivity contribution is -0.123. The predicted octanol–water partition coefficient (Wildman–Crippen LogP) is 6.35. The van der Waals surface area contributed by atoms with Crippen molar-refractivity contribution in [2.45, 2.75) is 33.3 Å². The van der Waals surface area contributed by atoms with Crippen molar-refractivity contribution in [2.75, 3.05) is 12.0 Å². The van der Waals surface area contributed by atoms with Crippen LogP contribution in [0, 0.1) is 30.6 Å². The Hall–Kier alpha value is -5.11. The van der Waals surface area contributed by atoms with E-state index in [0.717, 1.165) is 12.0 Å². The number of fused-ring (bicyclic) bond motifs is 6. The minimum absolute atomic E-state index is 0.125. The van der Waals surface area contributed by atoms with E-state index < -0.39 is 12.1 Å². The topological polar surface area (TPSA) is 103 Å². The third kappa shape index (κ3) is 4.72. The van der Waals surface area contributed by atoms with Crippen LogP contribution in [0.5, 0.6) is 5.75 Å². The van der Waals surface area contributed by atoms with Gasteiger partial charge in [0, 0.05) is 16.5 Å². The van der Waals surface area contributed by atoms with Gasteiger partial charge in [0.1, 0.15) is 5.75 Å². The molecule has 0 radical (unpaired) electrons. The van der Waals surface area contributed by atoms with E-state index in [1.54, 1.807) is 68.6 Å². The zero-order valence-corrected chi connectivity index (χ0v) is 25.4. The SMILES string of the molecule is COc1ccc(C(=O)C(C)OC(=O)c2cc(-c3ccc(N4C(=O)C5C6C=C(C)C(C6)C5C4=O)cc3)nc3ccc(C)cc23)cc1. The Balaban J connectivity index is 1.16. The highest BCUT2D eigenvalue weighted by Gasteiger charge is 2.60. The van der Waals surface area contributed by atoms with Gasteiger partial charge in [-0.15, -0.1) is 0 Å². The maximum absolute atomic E-state index is 13.6. The number of rotatable bonds is 7. The van der Waals surface area contributed by atoms with E-state index in [9.17, 15) is 19.2 Å². The lowest BCUT2D eigenvalue weighted by Gasteiger charge is -2.19. The monoisotopic (exact) mass is 600 g/mol. The first kappa shape index (κ1) is 28.6. The minimum atomic E-state index is -1.02. The molecule has 3 aliphatic rings. The number of carbonyl (C=O) groups excluding carboxylic acids is 4. The molecule has 8 nitrogen and oxygen atoms in total. The first-order valence-corrected chi connectivity index (χ1v) is 15.1. The van der Waals surface area contributed by atoms with E-state index in [4.69, 9.17) is 14.5 Å². The summed E-state index contributed by atoms with van der Waals surface area (Å²) in [4.78, 5) is 59.6. The van der Waals surface area contributed by atoms with Crippen molar-refractivity contribution in [3.05, 3.63) is 101 Å². The highest BCUT2D eigenvalue weighted by Crippen LogP contribution is 2.56. The molecule has 2 aliphatic carbocycles. The quantitative estimate of drug-likeness (QED) is 0.105. The first-order valence-electron chi connectivity index (χ1n) is 15.1. The van der Waals surface area contributed by atoms with Gasteiger partial charge in [0.2, 0.25) is 17.6 Å². The number of aromatic nitrogens is 1. The summed E-state index contributed by atoms with van der Waals surface area (Å²) in [6, 6.07) is 21.0. The van der Waals surface area contributed by atoms with Gasteiger partial charge in [-0.1, -0.05) is 35.4 Å². The number of Topliss-reactive ketones (excluding diaryl/α,β-unsaturated/α-hetero) is 1. The number of hydrogen-bond acceptors (Lipinski definition) is 7. The van der Waals surface area contributed by atoms with Crippen molar-refractivity contribution >= 4 is 40.2 Å². The Kier molecular flexibility index (Phi) is 6.88. The number of pyridine rings is 1. The van der Waals surface area contributed by atoms with Gasteiger partial charge < -0.3 is 9.47 Å². The number of methoxy groups -OCH3 is 1. The molecule has 1 aromatic heterocycles. The van der Waals surface area contributed by atoms with Crippen molar-refractivity contribution < 1.29 is 28.7 Å². The van der Waals surface area contributed by atoms with E-state index >= 15 is 0 Å². The zero-order valence-electron chi connectivity index (χ0n) is 25.4. The number of allylic oxidation sites excluding steroid dienone is 2. The van der Waals surface area contributed by atoms with Crippen LogP contribution in [0.25, 0.3) is 22.2 Å². The fourth-order valence-electron chi connectivity index (χ4n) is 7.23. The number of amides is 2. The largest absolute Gasteiger partial charge is 0.497 e. The van der Waals surface area contributed by atoms with Crippen molar-refractivity contribution in [3.63, 3.8) is 0 Å². The molecule has 5 atom stereocenters. The molecule has 4 aromatic rings. The molecule has 7 rings (SSSR count). The molecule has 226 valence electrons. The number of aryl methyl sites for hydroxylation is 1. The number of esters is 1. The molecule has 0 spiro atoms. The van der Waals surface area contributed by atoms with E-state index in [0.29, 0.717) is 39.2 Å². The molecule has 45 heavy (non-hydrogen) atoms. The van der Waals surface area contributed by atoms with E-state index in [1.807, 2.05) is 25.1 Å². The third-order valence-corrected chi connectivity index (χ3v) is 9.51. The average molecular weight is 601 g/mol. The Morgan fingerprint density at radius 3 is 2.33 bits per heavy atom. The third-order valence-electron chi connectivity index (χ3n) is 9.51. The number of nitrogens with zero attached hydrogens (tertiary/aromatic N) is 2. The van der Waals surface area contributed by atoms with E-state index in [1.165, 1.54) is 10.5 Å². The average Bonchev–Trinajstić information content (AvgIpc) is 3.69. The van der Waals surface area contributed by atoms with Crippen LogP contribution in [0.1, 0.15) is 46.5 Å². The number of hydrogen-bond donors (Lipinski definition) is 0. The normalized spacial score (nSPS) is 22.4. The molecule has 0 N–H and O–H groups in total. The van der Waals surface area contributed by atoms with Gasteiger partial charge >= 0.3 is 5.97 Å². The summed E-state index contributed by atoms with van der Waals surface area (Å²) in [6.07, 6.45) is 2.03. The molecule has 2 fully saturated rings. The Bertz CT molecular complexity index is 1930. The number of ketones is 1. The van der Waals surface area contributed by atoms with Gasteiger partial charge in [0.05, 0.1) is 41.4 Å². The maximum atomic E-state index is 13.6. The number of benzene rings is 3. The van der Waals surface area contributed by atoms with Crippen LogP contribution in [-0.4, -0.2) is 41.8 Å². The molecule has 1 saturated heterocycles. The predicted molar refractivity (Wildman–Crippen MR) is 169 cm³/mol. The van der Waals surface area contributed by atoms with Gasteiger partial charge in [-0.3, -0.25) is 19.3 Å². The molecule has 3 aromatic carbocycles. The molecule has 8 heteroatoms. The van der Waals surface area contributed by atoms with Gasteiger partial charge in [-0.05, 0) is 93.6 Å². The Morgan fingerprint density at radius 2 is 1.62 bits per heavy atom. The molecule has 2 heterocycles. The highest BCUT2D eigenvalue weighted by molar-refractivity contribution is 6.23. The van der Waals surface area contributed by atoms with Crippen molar-refractivity contribution in [3.8, 4) is 17.0 Å². The summed E-state index contributed by atoms with van der Waals surface area (Å²) in [5.41, 5.74) is 5.20. The highest BCUT2D eigenvalue weighted by atomic mass is 16.5. The summed E-state index contributed by atoms with van der Waals surface area (Å²) >= 11 is 0. The molecular formula is C37H32N2O6. The fourth-order valence-corrected chi connectivity index (χ4v) is 7.23. The fraction of sp³-hybridized carbons (Fsp3) is 0.270. The summed E-state index contributed by atoms with van der Waals surface area (Å²) in [5, 5.41) is 0.614. The van der Waals surface area contributed by atoms with Gasteiger partial charge in [0.25, 0.3) is 0 Å². The number of anilines is 1. The summed E-state index contributed by atoms with van der Waals surface area (Å²) in [6.45, 7) is 5.53. The van der Waals surface area contributed by atoms with E-state index in [2.05, 4.69) is 13.0 Å². The first-order chi connectivity index (χ1) is 21.6. The van der Waals surface area contributed by atoms with Crippen molar-refractivity contribution in [1.82, 2.24) is 4.98 Å². The second-order valence-corrected chi connectivity index (χ2v) is 12.2. The molecule has 5 unspecified atom stereocenters. The standard InChI is InChI=1S/C37H32N2O6/c1-19-5-14-30-28(15-19)29(37(43)45-21(3)34(40)23-8-12-26(44-4)13-9-23)18-31(38-30)22-6-10-25(11-7-22)39-35(41)32-24-16-20(2)27(17-24)33(32)36(39)42/h5-16,18,21,24,27,32-33H,17H2,1-4H3. The van der Waals surface area contributed by atoms with Gasteiger partial charge in [-0.25, -0.2) is 9.78 Å². The lowest BCUT2D eigenvalue weighted by atomic mass is 9.82. The van der Waals surface area contributed by atoms with Crippen LogP contribution < -0.4 is 9.64 Å². The Labute approximate surface area is 260 Å². The van der Waals surface area contributed by atoms with Crippen LogP contribution in [-0.2, 0) is 14.3 Å². The smallest absolute Gasteiger partial charge is 0.339 e. The van der Waals surface area contributed by atoms with Gasteiger partial charge in [-0.2, -0.15) is 0 Å². The zero-order chi connectivity index (χ0) is 31.6.